The third-order valence-corrected chi connectivity index (χ3v) is 4.79. The van der Waals surface area contributed by atoms with Crippen LogP contribution in [0.1, 0.15) is 52.9 Å². The Morgan fingerprint density at radius 2 is 2.05 bits per heavy atom. The Hall–Kier alpha value is -1.82. The maximum Gasteiger partial charge on any atom is 0.339 e. The Morgan fingerprint density at radius 1 is 1.32 bits per heavy atom. The van der Waals surface area contributed by atoms with Gasteiger partial charge < -0.3 is 19.3 Å². The first-order valence-corrected chi connectivity index (χ1v) is 7.88. The number of carbonyl (C=O) groups excluding carboxylic acids is 1. The highest BCUT2D eigenvalue weighted by atomic mass is 16.4. The zero-order valence-corrected chi connectivity index (χ0v) is 13.0. The van der Waals surface area contributed by atoms with Gasteiger partial charge in [0.1, 0.15) is 11.3 Å². The van der Waals surface area contributed by atoms with Gasteiger partial charge in [0.15, 0.2) is 5.76 Å². The molecule has 3 rings (SSSR count). The molecule has 1 aromatic heterocycles. The number of furan rings is 1. The minimum atomic E-state index is -1.04. The van der Waals surface area contributed by atoms with Crippen molar-refractivity contribution in [3.05, 3.63) is 23.2 Å². The van der Waals surface area contributed by atoms with Crippen LogP contribution in [0.15, 0.2) is 10.5 Å². The van der Waals surface area contributed by atoms with Gasteiger partial charge in [0, 0.05) is 31.1 Å². The van der Waals surface area contributed by atoms with Gasteiger partial charge in [-0.15, -0.1) is 0 Å². The smallest absolute Gasteiger partial charge is 0.339 e. The van der Waals surface area contributed by atoms with Crippen LogP contribution in [0.25, 0.3) is 0 Å². The lowest BCUT2D eigenvalue weighted by Crippen LogP contribution is -2.42. The molecule has 2 aliphatic rings. The van der Waals surface area contributed by atoms with Crippen molar-refractivity contribution in [2.45, 2.75) is 44.7 Å². The Kier molecular flexibility index (Phi) is 3.95. The molecule has 0 radical (unpaired) electrons. The molecule has 3 heterocycles. The molecule has 0 spiro atoms. The number of likely N-dealkylation sites (tertiary alicyclic amines) is 1. The Bertz CT molecular complexity index is 595. The zero-order chi connectivity index (χ0) is 15.9. The third-order valence-electron chi connectivity index (χ3n) is 4.79. The van der Waals surface area contributed by atoms with Gasteiger partial charge >= 0.3 is 5.97 Å². The number of rotatable bonds is 3. The molecule has 6 nitrogen and oxygen atoms in total. The lowest BCUT2D eigenvalue weighted by atomic mass is 10.1. The molecule has 6 heteroatoms. The van der Waals surface area contributed by atoms with E-state index in [2.05, 4.69) is 11.9 Å². The van der Waals surface area contributed by atoms with Crippen LogP contribution in [0.4, 0.5) is 0 Å². The van der Waals surface area contributed by atoms with Gasteiger partial charge in [-0.2, -0.15) is 0 Å². The van der Waals surface area contributed by atoms with Crippen molar-refractivity contribution in [2.24, 2.45) is 0 Å². The van der Waals surface area contributed by atoms with Crippen LogP contribution >= 0.6 is 0 Å². The summed E-state index contributed by atoms with van der Waals surface area (Å²) in [4.78, 5) is 28.3. The summed E-state index contributed by atoms with van der Waals surface area (Å²) >= 11 is 0. The second kappa shape index (κ2) is 5.76. The SMILES string of the molecule is CCc1oc(C(=O)N2C3CC[C@@H]2CN(C)CC3)cc1C(=O)O. The Morgan fingerprint density at radius 3 is 2.68 bits per heavy atom. The predicted molar refractivity (Wildman–Crippen MR) is 80.1 cm³/mol. The van der Waals surface area contributed by atoms with Crippen LogP contribution in [0.2, 0.25) is 0 Å². The number of carboxylic acid groups (broad SMARTS) is 1. The molecule has 2 aliphatic heterocycles. The summed E-state index contributed by atoms with van der Waals surface area (Å²) in [7, 11) is 2.08. The van der Waals surface area contributed by atoms with Gasteiger partial charge in [0.05, 0.1) is 0 Å². The summed E-state index contributed by atoms with van der Waals surface area (Å²) in [5.41, 5.74) is 0.102. The fourth-order valence-corrected chi connectivity index (χ4v) is 3.68. The van der Waals surface area contributed by atoms with E-state index in [1.165, 1.54) is 6.07 Å². The Labute approximate surface area is 129 Å². The van der Waals surface area contributed by atoms with E-state index in [0.29, 0.717) is 12.2 Å². The highest BCUT2D eigenvalue weighted by Gasteiger charge is 2.41. The number of hydrogen-bond acceptors (Lipinski definition) is 4. The number of amides is 1. The number of carbonyl (C=O) groups is 2. The molecule has 1 amide bonds. The molecule has 1 unspecified atom stereocenters. The van der Waals surface area contributed by atoms with Crippen molar-refractivity contribution in [1.82, 2.24) is 9.80 Å². The lowest BCUT2D eigenvalue weighted by molar-refractivity contribution is 0.0636. The second-order valence-electron chi connectivity index (χ2n) is 6.25. The van der Waals surface area contributed by atoms with E-state index in [9.17, 15) is 14.7 Å². The van der Waals surface area contributed by atoms with Gasteiger partial charge in [-0.3, -0.25) is 4.79 Å². The van der Waals surface area contributed by atoms with Crippen molar-refractivity contribution in [3.8, 4) is 0 Å². The van der Waals surface area contributed by atoms with Crippen molar-refractivity contribution < 1.29 is 19.1 Å². The second-order valence-corrected chi connectivity index (χ2v) is 6.25. The van der Waals surface area contributed by atoms with E-state index in [-0.39, 0.29) is 29.3 Å². The maximum absolute atomic E-state index is 12.8. The molecule has 2 saturated heterocycles. The topological polar surface area (TPSA) is 74.0 Å². The number of fused-ring (bicyclic) bond motifs is 2. The van der Waals surface area contributed by atoms with Gasteiger partial charge in [-0.25, -0.2) is 4.79 Å². The van der Waals surface area contributed by atoms with E-state index in [1.54, 1.807) is 0 Å². The molecule has 120 valence electrons. The molecule has 2 atom stereocenters. The number of nitrogens with zero attached hydrogens (tertiary/aromatic N) is 2. The molecule has 1 N–H and O–H groups in total. The quantitative estimate of drug-likeness (QED) is 0.922. The molecule has 2 fully saturated rings. The third kappa shape index (κ3) is 2.52. The summed E-state index contributed by atoms with van der Waals surface area (Å²) in [6.07, 6.45) is 3.46. The number of carboxylic acids is 1. The molecule has 1 aromatic rings. The Balaban J connectivity index is 1.89. The fraction of sp³-hybridized carbons (Fsp3) is 0.625. The van der Waals surface area contributed by atoms with E-state index in [4.69, 9.17) is 4.42 Å². The average molecular weight is 306 g/mol. The van der Waals surface area contributed by atoms with Gasteiger partial charge in [-0.05, 0) is 32.9 Å². The van der Waals surface area contributed by atoms with E-state index < -0.39 is 5.97 Å². The predicted octanol–water partition coefficient (Wildman–Crippen LogP) is 1.85. The summed E-state index contributed by atoms with van der Waals surface area (Å²) < 4.78 is 5.55. The molecular formula is C16H22N2O4. The molecule has 0 aromatic carbocycles. The van der Waals surface area contributed by atoms with Crippen molar-refractivity contribution >= 4 is 11.9 Å². The van der Waals surface area contributed by atoms with Gasteiger partial charge in [0.25, 0.3) is 5.91 Å². The number of aryl methyl sites for hydroxylation is 1. The van der Waals surface area contributed by atoms with E-state index >= 15 is 0 Å². The van der Waals surface area contributed by atoms with Crippen LogP contribution in [0.3, 0.4) is 0 Å². The number of likely N-dealkylation sites (N-methyl/N-ethyl adjacent to an activating group) is 1. The molecule has 22 heavy (non-hydrogen) atoms. The fourth-order valence-electron chi connectivity index (χ4n) is 3.68. The van der Waals surface area contributed by atoms with Crippen LogP contribution in [-0.2, 0) is 6.42 Å². The van der Waals surface area contributed by atoms with Gasteiger partial charge in [0.2, 0.25) is 0 Å². The average Bonchev–Trinajstić information content (AvgIpc) is 3.03. The molecular weight excluding hydrogens is 284 g/mol. The standard InChI is InChI=1S/C16H22N2O4/c1-3-13-12(16(20)21)8-14(22-13)15(19)18-10-4-5-11(18)9-17(2)7-6-10/h8,10-11H,3-7,9H2,1-2H3,(H,20,21)/t10?,11-/m1/s1. The monoisotopic (exact) mass is 306 g/mol. The first kappa shape index (κ1) is 15.1. The first-order valence-electron chi connectivity index (χ1n) is 7.88. The lowest BCUT2D eigenvalue weighted by Gasteiger charge is -2.27. The summed E-state index contributed by atoms with van der Waals surface area (Å²) in [5.74, 6) is -0.672. The van der Waals surface area contributed by atoms with Crippen molar-refractivity contribution in [1.29, 1.82) is 0 Å². The minimum Gasteiger partial charge on any atom is -0.478 e. The molecule has 0 aliphatic carbocycles. The van der Waals surface area contributed by atoms with E-state index in [1.807, 2.05) is 11.8 Å². The summed E-state index contributed by atoms with van der Waals surface area (Å²) in [6, 6.07) is 1.83. The highest BCUT2D eigenvalue weighted by Crippen LogP contribution is 2.32. The van der Waals surface area contributed by atoms with Crippen LogP contribution in [0, 0.1) is 0 Å². The first-order chi connectivity index (χ1) is 10.5. The minimum absolute atomic E-state index is 0.102. The maximum atomic E-state index is 12.8. The zero-order valence-electron chi connectivity index (χ0n) is 13.0. The van der Waals surface area contributed by atoms with E-state index in [0.717, 1.165) is 32.4 Å². The number of aromatic carboxylic acids is 1. The van der Waals surface area contributed by atoms with Crippen LogP contribution < -0.4 is 0 Å². The molecule has 0 saturated carbocycles. The highest BCUT2D eigenvalue weighted by molar-refractivity contribution is 5.96. The van der Waals surface area contributed by atoms with Crippen LogP contribution in [0.5, 0.6) is 0 Å². The largest absolute Gasteiger partial charge is 0.478 e. The number of hydrogen-bond donors (Lipinski definition) is 1. The normalized spacial score (nSPS) is 25.3. The van der Waals surface area contributed by atoms with Gasteiger partial charge in [-0.1, -0.05) is 6.92 Å². The van der Waals surface area contributed by atoms with Crippen molar-refractivity contribution in [2.75, 3.05) is 20.1 Å². The molecule has 2 bridgehead atoms. The summed E-state index contributed by atoms with van der Waals surface area (Å²) in [5, 5.41) is 9.21. The summed E-state index contributed by atoms with van der Waals surface area (Å²) in [6.45, 7) is 3.68. The van der Waals surface area contributed by atoms with Crippen molar-refractivity contribution in [3.63, 3.8) is 0 Å². The van der Waals surface area contributed by atoms with Crippen LogP contribution in [-0.4, -0.2) is 59.0 Å².